The molecule has 2 N–H and O–H groups in total. The molecule has 5 nitrogen and oxygen atoms in total. The Bertz CT molecular complexity index is 584. The zero-order valence-corrected chi connectivity index (χ0v) is 14.8. The molecule has 0 aromatic heterocycles. The van der Waals surface area contributed by atoms with Gasteiger partial charge in [-0.25, -0.2) is 0 Å². The van der Waals surface area contributed by atoms with Crippen molar-refractivity contribution in [2.75, 3.05) is 26.8 Å². The first kappa shape index (κ1) is 18.3. The van der Waals surface area contributed by atoms with Crippen LogP contribution in [0.5, 0.6) is 11.5 Å². The Kier molecular flexibility index (Phi) is 6.67. The highest BCUT2D eigenvalue weighted by Crippen LogP contribution is 2.28. The van der Waals surface area contributed by atoms with Gasteiger partial charge in [-0.05, 0) is 50.3 Å². The van der Waals surface area contributed by atoms with Crippen LogP contribution in [0.1, 0.15) is 32.3 Å². The fourth-order valence-corrected chi connectivity index (χ4v) is 3.00. The van der Waals surface area contributed by atoms with E-state index in [0.717, 1.165) is 31.5 Å². The van der Waals surface area contributed by atoms with Crippen molar-refractivity contribution in [2.45, 2.75) is 32.7 Å². The van der Waals surface area contributed by atoms with Crippen LogP contribution in [0, 0.1) is 5.92 Å². The number of likely N-dealkylation sites (tertiary alicyclic amines) is 1. The molecule has 0 saturated carbocycles. The molecular formula is C19H28N2O3. The summed E-state index contributed by atoms with van der Waals surface area (Å²) in [6.45, 7) is 5.49. The Labute approximate surface area is 144 Å². The number of benzene rings is 1. The number of piperidine rings is 1. The molecule has 2 atom stereocenters. The number of rotatable bonds is 6. The predicted octanol–water partition coefficient (Wildman–Crippen LogP) is 2.69. The predicted molar refractivity (Wildman–Crippen MR) is 96.2 cm³/mol. The molecule has 0 spiro atoms. The van der Waals surface area contributed by atoms with Gasteiger partial charge in [0, 0.05) is 19.1 Å². The molecule has 1 fully saturated rings. The Morgan fingerprint density at radius 3 is 2.92 bits per heavy atom. The van der Waals surface area contributed by atoms with Crippen LogP contribution in [0.2, 0.25) is 0 Å². The van der Waals surface area contributed by atoms with E-state index in [2.05, 4.69) is 0 Å². The molecule has 1 aromatic carbocycles. The van der Waals surface area contributed by atoms with Crippen molar-refractivity contribution in [3.63, 3.8) is 0 Å². The lowest BCUT2D eigenvalue weighted by Crippen LogP contribution is -2.46. The van der Waals surface area contributed by atoms with E-state index in [0.29, 0.717) is 17.4 Å². The lowest BCUT2D eigenvalue weighted by molar-refractivity contribution is -0.135. The van der Waals surface area contributed by atoms with Crippen LogP contribution in [0.25, 0.3) is 6.08 Å². The Morgan fingerprint density at radius 1 is 1.46 bits per heavy atom. The maximum Gasteiger partial charge on any atom is 0.260 e. The molecule has 1 aliphatic rings. The van der Waals surface area contributed by atoms with Crippen LogP contribution in [0.15, 0.2) is 24.3 Å². The number of carbonyl (C=O) groups excluding carboxylic acids is 1. The number of carbonyl (C=O) groups is 1. The SMILES string of the molecule is C/C=C/c1ccc(OCC(=O)N2CCCC(C(C)N)C2)c(OC)c1. The number of amides is 1. The third-order valence-corrected chi connectivity index (χ3v) is 4.45. The molecular weight excluding hydrogens is 304 g/mol. The lowest BCUT2D eigenvalue weighted by Gasteiger charge is -2.34. The fraction of sp³-hybridized carbons (Fsp3) is 0.526. The topological polar surface area (TPSA) is 64.8 Å². The van der Waals surface area contributed by atoms with Crippen LogP contribution in [-0.4, -0.2) is 43.7 Å². The number of hydrogen-bond acceptors (Lipinski definition) is 4. The maximum atomic E-state index is 12.4. The Morgan fingerprint density at radius 2 is 2.25 bits per heavy atom. The lowest BCUT2D eigenvalue weighted by atomic mass is 9.92. The van der Waals surface area contributed by atoms with Gasteiger partial charge in [-0.2, -0.15) is 0 Å². The molecule has 0 bridgehead atoms. The van der Waals surface area contributed by atoms with Gasteiger partial charge in [0.1, 0.15) is 0 Å². The zero-order valence-electron chi connectivity index (χ0n) is 14.8. The van der Waals surface area contributed by atoms with Gasteiger partial charge < -0.3 is 20.1 Å². The minimum absolute atomic E-state index is 0.0000615. The van der Waals surface area contributed by atoms with Gasteiger partial charge in [0.25, 0.3) is 5.91 Å². The van der Waals surface area contributed by atoms with Gasteiger partial charge in [-0.15, -0.1) is 0 Å². The second-order valence-electron chi connectivity index (χ2n) is 6.30. The smallest absolute Gasteiger partial charge is 0.260 e. The van der Waals surface area contributed by atoms with Gasteiger partial charge in [0.05, 0.1) is 7.11 Å². The molecule has 0 aliphatic carbocycles. The van der Waals surface area contributed by atoms with Crippen molar-refractivity contribution < 1.29 is 14.3 Å². The Balaban J connectivity index is 1.96. The first-order chi connectivity index (χ1) is 11.5. The summed E-state index contributed by atoms with van der Waals surface area (Å²) >= 11 is 0. The maximum absolute atomic E-state index is 12.4. The van der Waals surface area contributed by atoms with E-state index in [9.17, 15) is 4.79 Å². The summed E-state index contributed by atoms with van der Waals surface area (Å²) < 4.78 is 11.1. The summed E-state index contributed by atoms with van der Waals surface area (Å²) in [5, 5.41) is 0. The number of ether oxygens (including phenoxy) is 2. The summed E-state index contributed by atoms with van der Waals surface area (Å²) in [5.41, 5.74) is 7.01. The molecule has 1 amide bonds. The van der Waals surface area contributed by atoms with Crippen molar-refractivity contribution >= 4 is 12.0 Å². The zero-order chi connectivity index (χ0) is 17.5. The highest BCUT2D eigenvalue weighted by molar-refractivity contribution is 5.78. The second-order valence-corrected chi connectivity index (χ2v) is 6.30. The van der Waals surface area contributed by atoms with Crippen molar-refractivity contribution in [2.24, 2.45) is 11.7 Å². The normalized spacial score (nSPS) is 19.3. The number of nitrogens with two attached hydrogens (primary N) is 1. The average Bonchev–Trinajstić information content (AvgIpc) is 2.60. The van der Waals surface area contributed by atoms with Gasteiger partial charge in [0.2, 0.25) is 0 Å². The van der Waals surface area contributed by atoms with E-state index >= 15 is 0 Å². The van der Waals surface area contributed by atoms with Crippen molar-refractivity contribution in [1.29, 1.82) is 0 Å². The third-order valence-electron chi connectivity index (χ3n) is 4.45. The molecule has 1 aliphatic heterocycles. The van der Waals surface area contributed by atoms with E-state index < -0.39 is 0 Å². The molecule has 132 valence electrons. The van der Waals surface area contributed by atoms with E-state index in [-0.39, 0.29) is 18.6 Å². The van der Waals surface area contributed by atoms with Crippen LogP contribution >= 0.6 is 0 Å². The van der Waals surface area contributed by atoms with Gasteiger partial charge >= 0.3 is 0 Å². The van der Waals surface area contributed by atoms with Crippen LogP contribution in [0.3, 0.4) is 0 Å². The fourth-order valence-electron chi connectivity index (χ4n) is 3.00. The quantitative estimate of drug-likeness (QED) is 0.870. The molecule has 1 saturated heterocycles. The monoisotopic (exact) mass is 332 g/mol. The molecule has 5 heteroatoms. The highest BCUT2D eigenvalue weighted by Gasteiger charge is 2.26. The Hall–Kier alpha value is -2.01. The van der Waals surface area contributed by atoms with Crippen LogP contribution in [-0.2, 0) is 4.79 Å². The summed E-state index contributed by atoms with van der Waals surface area (Å²) in [6.07, 6.45) is 6.03. The number of hydrogen-bond donors (Lipinski definition) is 1. The highest BCUT2D eigenvalue weighted by atomic mass is 16.5. The number of nitrogens with zero attached hydrogens (tertiary/aromatic N) is 1. The molecule has 2 rings (SSSR count). The van der Waals surface area contributed by atoms with Gasteiger partial charge in [-0.1, -0.05) is 18.2 Å². The molecule has 1 aromatic rings. The minimum Gasteiger partial charge on any atom is -0.493 e. The summed E-state index contributed by atoms with van der Waals surface area (Å²) in [7, 11) is 1.60. The van der Waals surface area contributed by atoms with Crippen molar-refractivity contribution in [3.05, 3.63) is 29.8 Å². The third kappa shape index (κ3) is 4.74. The van der Waals surface area contributed by atoms with Crippen LogP contribution in [0.4, 0.5) is 0 Å². The standard InChI is InChI=1S/C19H28N2O3/c1-4-6-15-8-9-17(18(11-15)23-3)24-13-19(22)21-10-5-7-16(12-21)14(2)20/h4,6,8-9,11,14,16H,5,7,10,12-13,20H2,1-3H3/b6-4+. The summed E-state index contributed by atoms with van der Waals surface area (Å²) in [6, 6.07) is 5.78. The van der Waals surface area contributed by atoms with E-state index in [1.165, 1.54) is 0 Å². The van der Waals surface area contributed by atoms with E-state index in [4.69, 9.17) is 15.2 Å². The summed E-state index contributed by atoms with van der Waals surface area (Å²) in [4.78, 5) is 14.3. The van der Waals surface area contributed by atoms with Crippen molar-refractivity contribution in [1.82, 2.24) is 4.90 Å². The van der Waals surface area contributed by atoms with Gasteiger partial charge in [0.15, 0.2) is 18.1 Å². The average molecular weight is 332 g/mol. The second kappa shape index (κ2) is 8.73. The van der Waals surface area contributed by atoms with Crippen molar-refractivity contribution in [3.8, 4) is 11.5 Å². The minimum atomic E-state index is -0.0000615. The molecule has 0 radical (unpaired) electrons. The van der Waals surface area contributed by atoms with Gasteiger partial charge in [-0.3, -0.25) is 4.79 Å². The molecule has 2 unspecified atom stereocenters. The first-order valence-electron chi connectivity index (χ1n) is 8.52. The van der Waals surface area contributed by atoms with Crippen LogP contribution < -0.4 is 15.2 Å². The first-order valence-corrected chi connectivity index (χ1v) is 8.52. The summed E-state index contributed by atoms with van der Waals surface area (Å²) in [5.74, 6) is 1.59. The van der Waals surface area contributed by atoms with E-state index in [1.54, 1.807) is 7.11 Å². The number of allylic oxidation sites excluding steroid dienone is 1. The number of methoxy groups -OCH3 is 1. The molecule has 24 heavy (non-hydrogen) atoms. The molecule has 1 heterocycles. The van der Waals surface area contributed by atoms with E-state index in [1.807, 2.05) is 49.1 Å². The largest absolute Gasteiger partial charge is 0.493 e.